The molecule has 0 bridgehead atoms. The Morgan fingerprint density at radius 1 is 0.970 bits per heavy atom. The number of aromatic nitrogens is 2. The van der Waals surface area contributed by atoms with Crippen LogP contribution in [-0.4, -0.2) is 54.2 Å². The van der Waals surface area contributed by atoms with E-state index in [2.05, 4.69) is 47.5 Å². The fourth-order valence-corrected chi connectivity index (χ4v) is 4.51. The molecule has 0 N–H and O–H groups in total. The molecule has 6 heteroatoms. The van der Waals surface area contributed by atoms with E-state index < -0.39 is 0 Å². The Morgan fingerprint density at radius 3 is 2.55 bits per heavy atom. The van der Waals surface area contributed by atoms with Crippen molar-refractivity contribution in [1.29, 1.82) is 0 Å². The Labute approximate surface area is 194 Å². The maximum absolute atomic E-state index is 6.19. The van der Waals surface area contributed by atoms with Gasteiger partial charge >= 0.3 is 0 Å². The lowest BCUT2D eigenvalue weighted by Crippen LogP contribution is -2.37. The van der Waals surface area contributed by atoms with Gasteiger partial charge < -0.3 is 13.9 Å². The van der Waals surface area contributed by atoms with Crippen molar-refractivity contribution in [3.8, 4) is 11.5 Å². The number of likely N-dealkylation sites (tertiary alicyclic amines) is 1. The number of ether oxygens (including phenoxy) is 2. The number of fused-ring (bicyclic) bond motifs is 1. The number of hydrogen-bond acceptors (Lipinski definition) is 5. The normalized spacial score (nSPS) is 15.4. The number of piperidine rings is 1. The number of methoxy groups -OCH3 is 1. The molecule has 0 unspecified atom stereocenters. The van der Waals surface area contributed by atoms with Crippen LogP contribution in [0.2, 0.25) is 0 Å². The SMILES string of the molecule is COCCOC1CCN(Cc2cn(Cc3ccccc3)nc2-c2cc3ccccc3o2)CC1. The lowest BCUT2D eigenvalue weighted by Gasteiger charge is -2.31. The predicted octanol–water partition coefficient (Wildman–Crippen LogP) is 4.97. The second-order valence-electron chi connectivity index (χ2n) is 8.67. The molecule has 0 aliphatic carbocycles. The van der Waals surface area contributed by atoms with Gasteiger partial charge in [-0.15, -0.1) is 0 Å². The summed E-state index contributed by atoms with van der Waals surface area (Å²) in [5.41, 5.74) is 4.26. The van der Waals surface area contributed by atoms with Crippen LogP contribution in [0, 0.1) is 0 Å². The van der Waals surface area contributed by atoms with Gasteiger partial charge in [0.25, 0.3) is 0 Å². The zero-order valence-electron chi connectivity index (χ0n) is 19.2. The van der Waals surface area contributed by atoms with Crippen LogP contribution in [0.5, 0.6) is 0 Å². The van der Waals surface area contributed by atoms with Crippen LogP contribution in [0.4, 0.5) is 0 Å². The van der Waals surface area contributed by atoms with Gasteiger partial charge in [-0.05, 0) is 30.5 Å². The highest BCUT2D eigenvalue weighted by Crippen LogP contribution is 2.30. The number of para-hydroxylation sites is 1. The van der Waals surface area contributed by atoms with Crippen molar-refractivity contribution in [3.05, 3.63) is 78.0 Å². The Morgan fingerprint density at radius 2 is 1.76 bits per heavy atom. The molecule has 1 aliphatic heterocycles. The molecule has 0 radical (unpaired) electrons. The second kappa shape index (κ2) is 10.3. The van der Waals surface area contributed by atoms with Gasteiger partial charge in [-0.25, -0.2) is 0 Å². The van der Waals surface area contributed by atoms with Crippen molar-refractivity contribution in [1.82, 2.24) is 14.7 Å². The molecule has 172 valence electrons. The molecular weight excluding hydrogens is 414 g/mol. The number of benzene rings is 2. The van der Waals surface area contributed by atoms with Gasteiger partial charge in [0, 0.05) is 43.9 Å². The summed E-state index contributed by atoms with van der Waals surface area (Å²) in [5.74, 6) is 0.829. The zero-order chi connectivity index (χ0) is 22.5. The minimum Gasteiger partial charge on any atom is -0.454 e. The van der Waals surface area contributed by atoms with E-state index >= 15 is 0 Å². The van der Waals surface area contributed by atoms with E-state index in [1.165, 1.54) is 11.1 Å². The molecule has 3 heterocycles. The molecule has 0 spiro atoms. The molecule has 2 aromatic heterocycles. The lowest BCUT2D eigenvalue weighted by molar-refractivity contribution is -0.0158. The fraction of sp³-hybridized carbons (Fsp3) is 0.370. The van der Waals surface area contributed by atoms with Crippen molar-refractivity contribution in [2.75, 3.05) is 33.4 Å². The van der Waals surface area contributed by atoms with Crippen LogP contribution >= 0.6 is 0 Å². The number of nitrogens with zero attached hydrogens (tertiary/aromatic N) is 3. The molecular formula is C27H31N3O3. The van der Waals surface area contributed by atoms with E-state index in [9.17, 15) is 0 Å². The van der Waals surface area contributed by atoms with Crippen molar-refractivity contribution < 1.29 is 13.9 Å². The third-order valence-corrected chi connectivity index (χ3v) is 6.25. The molecule has 0 saturated carbocycles. The zero-order valence-corrected chi connectivity index (χ0v) is 19.2. The van der Waals surface area contributed by atoms with E-state index in [-0.39, 0.29) is 0 Å². The van der Waals surface area contributed by atoms with Crippen molar-refractivity contribution in [3.63, 3.8) is 0 Å². The van der Waals surface area contributed by atoms with Crippen LogP contribution < -0.4 is 0 Å². The third-order valence-electron chi connectivity index (χ3n) is 6.25. The van der Waals surface area contributed by atoms with Crippen molar-refractivity contribution in [2.45, 2.75) is 32.0 Å². The molecule has 1 saturated heterocycles. The maximum Gasteiger partial charge on any atom is 0.156 e. The van der Waals surface area contributed by atoms with Gasteiger partial charge in [0.05, 0.1) is 25.9 Å². The first kappa shape index (κ1) is 21.9. The number of hydrogen-bond donors (Lipinski definition) is 0. The standard InChI is InChI=1S/C27H31N3O3/c1-31-15-16-32-24-11-13-29(14-12-24)19-23-20-30(18-21-7-3-2-4-8-21)28-27(23)26-17-22-9-5-6-10-25(22)33-26/h2-10,17,20,24H,11-16,18-19H2,1H3. The fourth-order valence-electron chi connectivity index (χ4n) is 4.51. The molecule has 33 heavy (non-hydrogen) atoms. The Kier molecular flexibility index (Phi) is 6.86. The molecule has 0 amide bonds. The minimum absolute atomic E-state index is 0.326. The van der Waals surface area contributed by atoms with Gasteiger partial charge in [0.1, 0.15) is 11.3 Å². The average Bonchev–Trinajstić information content (AvgIpc) is 3.45. The first-order valence-electron chi connectivity index (χ1n) is 11.7. The second-order valence-corrected chi connectivity index (χ2v) is 8.67. The van der Waals surface area contributed by atoms with Gasteiger partial charge in [-0.3, -0.25) is 9.58 Å². The molecule has 2 aromatic carbocycles. The molecule has 1 fully saturated rings. The Bertz CT molecular complexity index is 1130. The Hall–Kier alpha value is -2.93. The molecule has 4 aromatic rings. The highest BCUT2D eigenvalue weighted by molar-refractivity contribution is 5.82. The van der Waals surface area contributed by atoms with Gasteiger partial charge in [0.15, 0.2) is 5.76 Å². The molecule has 6 nitrogen and oxygen atoms in total. The maximum atomic E-state index is 6.19. The quantitative estimate of drug-likeness (QED) is 0.341. The van der Waals surface area contributed by atoms with E-state index in [4.69, 9.17) is 19.0 Å². The first-order valence-corrected chi connectivity index (χ1v) is 11.7. The molecule has 5 rings (SSSR count). The summed E-state index contributed by atoms with van der Waals surface area (Å²) < 4.78 is 19.3. The summed E-state index contributed by atoms with van der Waals surface area (Å²) in [6, 6.07) is 20.7. The van der Waals surface area contributed by atoms with E-state index in [0.29, 0.717) is 19.3 Å². The van der Waals surface area contributed by atoms with Gasteiger partial charge in [0.2, 0.25) is 0 Å². The minimum atomic E-state index is 0.326. The first-order chi connectivity index (χ1) is 16.3. The van der Waals surface area contributed by atoms with E-state index in [1.807, 2.05) is 28.9 Å². The monoisotopic (exact) mass is 445 g/mol. The largest absolute Gasteiger partial charge is 0.454 e. The predicted molar refractivity (Wildman–Crippen MR) is 129 cm³/mol. The highest BCUT2D eigenvalue weighted by atomic mass is 16.5. The third kappa shape index (κ3) is 5.36. The summed E-state index contributed by atoms with van der Waals surface area (Å²) in [6.07, 6.45) is 4.59. The summed E-state index contributed by atoms with van der Waals surface area (Å²) in [5, 5.41) is 6.06. The number of rotatable bonds is 9. The summed E-state index contributed by atoms with van der Waals surface area (Å²) in [6.45, 7) is 4.95. The molecule has 1 aliphatic rings. The van der Waals surface area contributed by atoms with Gasteiger partial charge in [-0.1, -0.05) is 48.5 Å². The van der Waals surface area contributed by atoms with Crippen LogP contribution in [0.25, 0.3) is 22.4 Å². The summed E-state index contributed by atoms with van der Waals surface area (Å²) in [4.78, 5) is 2.49. The summed E-state index contributed by atoms with van der Waals surface area (Å²) in [7, 11) is 1.71. The van der Waals surface area contributed by atoms with Crippen molar-refractivity contribution in [2.24, 2.45) is 0 Å². The highest BCUT2D eigenvalue weighted by Gasteiger charge is 2.23. The smallest absolute Gasteiger partial charge is 0.156 e. The van der Waals surface area contributed by atoms with Crippen LogP contribution in [0.15, 0.2) is 71.3 Å². The number of furan rings is 1. The average molecular weight is 446 g/mol. The lowest BCUT2D eigenvalue weighted by atomic mass is 10.1. The Balaban J connectivity index is 1.35. The van der Waals surface area contributed by atoms with Crippen LogP contribution in [0.3, 0.4) is 0 Å². The van der Waals surface area contributed by atoms with Gasteiger partial charge in [-0.2, -0.15) is 5.10 Å². The van der Waals surface area contributed by atoms with Crippen LogP contribution in [-0.2, 0) is 22.6 Å². The summed E-state index contributed by atoms with van der Waals surface area (Å²) >= 11 is 0. The topological polar surface area (TPSA) is 52.7 Å². The van der Waals surface area contributed by atoms with Crippen LogP contribution in [0.1, 0.15) is 24.0 Å². The van der Waals surface area contributed by atoms with Crippen molar-refractivity contribution >= 4 is 11.0 Å². The van der Waals surface area contributed by atoms with E-state index in [0.717, 1.165) is 61.4 Å². The molecule has 0 atom stereocenters. The van der Waals surface area contributed by atoms with E-state index in [1.54, 1.807) is 7.11 Å².